The molecule has 5 heteroatoms. The number of aliphatic hydroxyl groups excluding tert-OH is 1. The number of β-amino-alcohol motifs (C(OH)–C–C–N with tert-alkyl or cyclic N) is 1. The topological polar surface area (TPSA) is 32.7 Å². The number of benzene rings is 1. The van der Waals surface area contributed by atoms with Gasteiger partial charge in [0.1, 0.15) is 17.7 Å². The Hall–Kier alpha value is -1.43. The van der Waals surface area contributed by atoms with Crippen LogP contribution < -0.4 is 4.74 Å². The van der Waals surface area contributed by atoms with E-state index in [0.29, 0.717) is 24.8 Å². The van der Waals surface area contributed by atoms with Crippen molar-refractivity contribution in [1.29, 1.82) is 0 Å². The van der Waals surface area contributed by atoms with E-state index in [-0.39, 0.29) is 5.82 Å². The van der Waals surface area contributed by atoms with Gasteiger partial charge in [0, 0.05) is 23.9 Å². The average molecular weight is 335 g/mol. The number of hydrogen-bond donors (Lipinski definition) is 1. The predicted molar refractivity (Wildman–Crippen MR) is 90.3 cm³/mol. The molecule has 0 unspecified atom stereocenters. The molecule has 124 valence electrons. The molecule has 1 aromatic carbocycles. The molecule has 0 aliphatic carbocycles. The first kappa shape index (κ1) is 16.4. The SMILES string of the molecule is O[C@H](CN1CCC[C@H](COc2ccc(F)cc2)C1)c1cccs1. The molecule has 3 rings (SSSR count). The van der Waals surface area contributed by atoms with Gasteiger partial charge in [0.05, 0.1) is 6.61 Å². The highest BCUT2D eigenvalue weighted by Gasteiger charge is 2.23. The molecule has 1 aromatic heterocycles. The quantitative estimate of drug-likeness (QED) is 0.873. The van der Waals surface area contributed by atoms with E-state index < -0.39 is 6.10 Å². The lowest BCUT2D eigenvalue weighted by Crippen LogP contribution is -2.39. The Labute approximate surface area is 140 Å². The van der Waals surface area contributed by atoms with Gasteiger partial charge in [0.25, 0.3) is 0 Å². The van der Waals surface area contributed by atoms with Gasteiger partial charge in [-0.15, -0.1) is 11.3 Å². The molecule has 1 aliphatic heterocycles. The van der Waals surface area contributed by atoms with Crippen molar-refractivity contribution in [2.24, 2.45) is 5.92 Å². The van der Waals surface area contributed by atoms with Crippen molar-refractivity contribution < 1.29 is 14.2 Å². The number of rotatable bonds is 6. The Morgan fingerprint density at radius 3 is 2.87 bits per heavy atom. The van der Waals surface area contributed by atoms with Gasteiger partial charge in [-0.05, 0) is 55.1 Å². The van der Waals surface area contributed by atoms with E-state index in [9.17, 15) is 9.50 Å². The van der Waals surface area contributed by atoms with Crippen LogP contribution in [-0.4, -0.2) is 36.2 Å². The Morgan fingerprint density at radius 2 is 2.13 bits per heavy atom. The number of nitrogens with zero attached hydrogens (tertiary/aromatic N) is 1. The van der Waals surface area contributed by atoms with Crippen molar-refractivity contribution in [2.75, 3.05) is 26.2 Å². The zero-order chi connectivity index (χ0) is 16.1. The fourth-order valence-electron chi connectivity index (χ4n) is 3.01. The fraction of sp³-hybridized carbons (Fsp3) is 0.444. The molecule has 0 amide bonds. The summed E-state index contributed by atoms with van der Waals surface area (Å²) >= 11 is 1.60. The van der Waals surface area contributed by atoms with Gasteiger partial charge in [-0.3, -0.25) is 4.90 Å². The van der Waals surface area contributed by atoms with Crippen molar-refractivity contribution in [1.82, 2.24) is 4.90 Å². The molecule has 1 N–H and O–H groups in total. The van der Waals surface area contributed by atoms with Crippen molar-refractivity contribution in [3.8, 4) is 5.75 Å². The lowest BCUT2D eigenvalue weighted by atomic mass is 9.98. The molecule has 3 nitrogen and oxygen atoms in total. The maximum atomic E-state index is 12.9. The number of ether oxygens (including phenoxy) is 1. The van der Waals surface area contributed by atoms with E-state index in [1.165, 1.54) is 12.1 Å². The smallest absolute Gasteiger partial charge is 0.123 e. The second-order valence-electron chi connectivity index (χ2n) is 6.06. The van der Waals surface area contributed by atoms with Gasteiger partial charge in [-0.1, -0.05) is 6.07 Å². The van der Waals surface area contributed by atoms with Gasteiger partial charge in [0.2, 0.25) is 0 Å². The number of aliphatic hydroxyl groups is 1. The Balaban J connectivity index is 1.47. The highest BCUT2D eigenvalue weighted by atomic mass is 32.1. The summed E-state index contributed by atoms with van der Waals surface area (Å²) in [5, 5.41) is 12.3. The molecular weight excluding hydrogens is 313 g/mol. The maximum Gasteiger partial charge on any atom is 0.123 e. The minimum absolute atomic E-state index is 0.247. The van der Waals surface area contributed by atoms with Crippen LogP contribution in [0.15, 0.2) is 41.8 Å². The number of likely N-dealkylation sites (tertiary alicyclic amines) is 1. The number of hydrogen-bond acceptors (Lipinski definition) is 4. The highest BCUT2D eigenvalue weighted by molar-refractivity contribution is 7.10. The minimum atomic E-state index is -0.410. The molecule has 0 saturated carbocycles. The van der Waals surface area contributed by atoms with Crippen molar-refractivity contribution in [2.45, 2.75) is 18.9 Å². The van der Waals surface area contributed by atoms with E-state index in [2.05, 4.69) is 4.90 Å². The Kier molecular flexibility index (Phi) is 5.65. The second kappa shape index (κ2) is 7.90. The monoisotopic (exact) mass is 335 g/mol. The Morgan fingerprint density at radius 1 is 1.30 bits per heavy atom. The summed E-state index contributed by atoms with van der Waals surface area (Å²) in [6.07, 6.45) is 1.84. The summed E-state index contributed by atoms with van der Waals surface area (Å²) in [4.78, 5) is 3.33. The third-order valence-corrected chi connectivity index (χ3v) is 5.18. The molecule has 1 aliphatic rings. The third-order valence-electron chi connectivity index (χ3n) is 4.21. The van der Waals surface area contributed by atoms with Crippen LogP contribution in [0.2, 0.25) is 0 Å². The lowest BCUT2D eigenvalue weighted by Gasteiger charge is -2.33. The average Bonchev–Trinajstić information content (AvgIpc) is 3.09. The van der Waals surface area contributed by atoms with Crippen LogP contribution in [0.25, 0.3) is 0 Å². The highest BCUT2D eigenvalue weighted by Crippen LogP contribution is 2.24. The summed E-state index contributed by atoms with van der Waals surface area (Å²) in [5.41, 5.74) is 0. The molecule has 23 heavy (non-hydrogen) atoms. The van der Waals surface area contributed by atoms with Gasteiger partial charge >= 0.3 is 0 Å². The summed E-state index contributed by atoms with van der Waals surface area (Å²) in [6.45, 7) is 3.27. The van der Waals surface area contributed by atoms with E-state index in [4.69, 9.17) is 4.74 Å². The first-order valence-electron chi connectivity index (χ1n) is 8.03. The van der Waals surface area contributed by atoms with Crippen LogP contribution in [0.1, 0.15) is 23.8 Å². The van der Waals surface area contributed by atoms with Crippen LogP contribution in [0.5, 0.6) is 5.75 Å². The minimum Gasteiger partial charge on any atom is -0.493 e. The standard InChI is InChI=1S/C18H22FNO2S/c19-15-5-7-16(8-6-15)22-13-14-3-1-9-20(11-14)12-17(21)18-4-2-10-23-18/h2,4-8,10,14,17,21H,1,3,9,11-13H2/t14-,17+/m0/s1. The normalized spacial score (nSPS) is 20.3. The van der Waals surface area contributed by atoms with Gasteiger partial charge in [-0.2, -0.15) is 0 Å². The number of halogens is 1. The molecule has 0 bridgehead atoms. The van der Waals surface area contributed by atoms with Gasteiger partial charge < -0.3 is 9.84 Å². The van der Waals surface area contributed by atoms with Crippen LogP contribution in [0, 0.1) is 11.7 Å². The molecule has 2 atom stereocenters. The molecule has 0 radical (unpaired) electrons. The third kappa shape index (κ3) is 4.77. The van der Waals surface area contributed by atoms with Crippen molar-refractivity contribution in [3.63, 3.8) is 0 Å². The van der Waals surface area contributed by atoms with E-state index in [1.54, 1.807) is 23.5 Å². The van der Waals surface area contributed by atoms with Gasteiger partial charge in [0.15, 0.2) is 0 Å². The molecule has 2 heterocycles. The van der Waals surface area contributed by atoms with E-state index in [1.807, 2.05) is 17.5 Å². The predicted octanol–water partition coefficient (Wildman–Crippen LogP) is 3.71. The van der Waals surface area contributed by atoms with Gasteiger partial charge in [-0.25, -0.2) is 4.39 Å². The fourth-order valence-corrected chi connectivity index (χ4v) is 3.72. The van der Waals surface area contributed by atoms with Crippen molar-refractivity contribution >= 4 is 11.3 Å². The molecule has 2 aromatic rings. The Bertz CT molecular complexity index is 588. The van der Waals surface area contributed by atoms with E-state index >= 15 is 0 Å². The molecular formula is C18H22FNO2S. The van der Waals surface area contributed by atoms with E-state index in [0.717, 1.165) is 30.8 Å². The van der Waals surface area contributed by atoms with Crippen molar-refractivity contribution in [3.05, 3.63) is 52.5 Å². The van der Waals surface area contributed by atoms with Crippen LogP contribution in [-0.2, 0) is 0 Å². The first-order valence-corrected chi connectivity index (χ1v) is 8.91. The molecule has 1 saturated heterocycles. The summed E-state index contributed by atoms with van der Waals surface area (Å²) < 4.78 is 18.7. The maximum absolute atomic E-state index is 12.9. The van der Waals surface area contributed by atoms with Crippen LogP contribution in [0.4, 0.5) is 4.39 Å². The van der Waals surface area contributed by atoms with Crippen LogP contribution in [0.3, 0.4) is 0 Å². The molecule has 1 fully saturated rings. The van der Waals surface area contributed by atoms with Crippen LogP contribution >= 0.6 is 11.3 Å². The zero-order valence-electron chi connectivity index (χ0n) is 13.0. The zero-order valence-corrected chi connectivity index (χ0v) is 13.8. The largest absolute Gasteiger partial charge is 0.493 e. The summed E-state index contributed by atoms with van der Waals surface area (Å²) in [5.74, 6) is 0.912. The molecule has 0 spiro atoms. The second-order valence-corrected chi connectivity index (χ2v) is 7.04. The summed E-state index contributed by atoms with van der Waals surface area (Å²) in [6, 6.07) is 10.1. The summed E-state index contributed by atoms with van der Waals surface area (Å²) in [7, 11) is 0. The number of thiophene rings is 1. The lowest BCUT2D eigenvalue weighted by molar-refractivity contribution is 0.0730. The number of piperidine rings is 1. The first-order chi connectivity index (χ1) is 11.2.